The fraction of sp³-hybridized carbons (Fsp3) is 0.346. The van der Waals surface area contributed by atoms with Crippen molar-refractivity contribution in [3.05, 3.63) is 71.8 Å². The molecule has 0 saturated carbocycles. The first-order chi connectivity index (χ1) is 16.8. The number of benzene rings is 3. The van der Waals surface area contributed by atoms with Gasteiger partial charge in [0.05, 0.1) is 18.4 Å². The number of nitrogens with one attached hydrogen (secondary N) is 1. The lowest BCUT2D eigenvalue weighted by Gasteiger charge is -2.36. The summed E-state index contributed by atoms with van der Waals surface area (Å²) >= 11 is 0. The number of anilines is 1. The predicted octanol–water partition coefficient (Wildman–Crippen LogP) is 4.36. The quantitative estimate of drug-likeness (QED) is 0.436. The maximum absolute atomic E-state index is 13.9. The number of aliphatic carboxylic acids is 1. The van der Waals surface area contributed by atoms with Gasteiger partial charge < -0.3 is 24.8 Å². The zero-order chi connectivity index (χ0) is 24.8. The molecule has 186 valence electrons. The molecule has 1 heterocycles. The minimum absolute atomic E-state index is 0.0376. The van der Waals surface area contributed by atoms with Crippen LogP contribution in [-0.4, -0.2) is 56.6 Å². The topological polar surface area (TPSA) is 71.0 Å². The lowest BCUT2D eigenvalue weighted by Crippen LogP contribution is -2.47. The SMILES string of the molecule is O=C(O)COc1cccc(N2CCOC(CNCCc3cccc4ccccc34)C2)c1C(F)(F)F. The van der Waals surface area contributed by atoms with E-state index < -0.39 is 30.1 Å². The van der Waals surface area contributed by atoms with E-state index in [1.54, 1.807) is 4.90 Å². The van der Waals surface area contributed by atoms with E-state index in [-0.39, 0.29) is 31.5 Å². The third-order valence-electron chi connectivity index (χ3n) is 5.94. The number of fused-ring (bicyclic) bond motifs is 1. The minimum atomic E-state index is -4.70. The Morgan fingerprint density at radius 1 is 1.11 bits per heavy atom. The van der Waals surface area contributed by atoms with Crippen LogP contribution in [0.2, 0.25) is 0 Å². The van der Waals surface area contributed by atoms with Crippen LogP contribution < -0.4 is 15.0 Å². The molecular formula is C26H27F3N2O4. The van der Waals surface area contributed by atoms with Crippen molar-refractivity contribution in [2.45, 2.75) is 18.7 Å². The van der Waals surface area contributed by atoms with Crippen molar-refractivity contribution in [2.75, 3.05) is 44.3 Å². The van der Waals surface area contributed by atoms with Gasteiger partial charge in [0, 0.05) is 19.6 Å². The molecule has 3 aromatic carbocycles. The van der Waals surface area contributed by atoms with E-state index in [1.807, 2.05) is 18.2 Å². The smallest absolute Gasteiger partial charge is 0.421 e. The Morgan fingerprint density at radius 2 is 1.89 bits per heavy atom. The second-order valence-corrected chi connectivity index (χ2v) is 8.36. The average molecular weight is 489 g/mol. The first-order valence-electron chi connectivity index (χ1n) is 11.4. The van der Waals surface area contributed by atoms with Crippen LogP contribution in [0.5, 0.6) is 5.75 Å². The predicted molar refractivity (Wildman–Crippen MR) is 127 cm³/mol. The highest BCUT2D eigenvalue weighted by molar-refractivity contribution is 5.85. The molecule has 35 heavy (non-hydrogen) atoms. The summed E-state index contributed by atoms with van der Waals surface area (Å²) in [5.74, 6) is -1.84. The first kappa shape index (κ1) is 24.8. The molecule has 1 unspecified atom stereocenters. The molecule has 1 saturated heterocycles. The van der Waals surface area contributed by atoms with Crippen molar-refractivity contribution in [1.82, 2.24) is 5.32 Å². The molecule has 4 rings (SSSR count). The second-order valence-electron chi connectivity index (χ2n) is 8.36. The number of ether oxygens (including phenoxy) is 2. The van der Waals surface area contributed by atoms with Gasteiger partial charge in [0.15, 0.2) is 6.61 Å². The van der Waals surface area contributed by atoms with E-state index in [0.29, 0.717) is 13.1 Å². The summed E-state index contributed by atoms with van der Waals surface area (Å²) in [6.07, 6.45) is -4.17. The van der Waals surface area contributed by atoms with Gasteiger partial charge in [0.1, 0.15) is 11.3 Å². The molecular weight excluding hydrogens is 461 g/mol. The zero-order valence-electron chi connectivity index (χ0n) is 19.1. The molecule has 6 nitrogen and oxygen atoms in total. The maximum Gasteiger partial charge on any atom is 0.421 e. The molecule has 0 aromatic heterocycles. The van der Waals surface area contributed by atoms with E-state index in [0.717, 1.165) is 12.5 Å². The Bertz CT molecular complexity index is 1160. The number of hydrogen-bond acceptors (Lipinski definition) is 5. The molecule has 0 bridgehead atoms. The molecule has 1 aliphatic rings. The maximum atomic E-state index is 13.9. The van der Waals surface area contributed by atoms with Gasteiger partial charge in [-0.1, -0.05) is 48.5 Å². The van der Waals surface area contributed by atoms with Crippen molar-refractivity contribution in [1.29, 1.82) is 0 Å². The molecule has 2 N–H and O–H groups in total. The summed E-state index contributed by atoms with van der Waals surface area (Å²) in [7, 11) is 0. The van der Waals surface area contributed by atoms with Crippen LogP contribution in [-0.2, 0) is 22.1 Å². The number of rotatable bonds is 9. The summed E-state index contributed by atoms with van der Waals surface area (Å²) in [6.45, 7) is 1.20. The van der Waals surface area contributed by atoms with Gasteiger partial charge in [0.2, 0.25) is 0 Å². The van der Waals surface area contributed by atoms with Gasteiger partial charge in [-0.3, -0.25) is 0 Å². The summed E-state index contributed by atoms with van der Waals surface area (Å²) in [5, 5.41) is 14.6. The highest BCUT2D eigenvalue weighted by Crippen LogP contribution is 2.43. The Hall–Kier alpha value is -3.30. The molecule has 3 aromatic rings. The van der Waals surface area contributed by atoms with Gasteiger partial charge in [-0.25, -0.2) is 4.79 Å². The Labute approximate surface area is 201 Å². The van der Waals surface area contributed by atoms with Crippen molar-refractivity contribution < 1.29 is 32.5 Å². The lowest BCUT2D eigenvalue weighted by atomic mass is 10.0. The molecule has 0 radical (unpaired) electrons. The number of nitrogens with zero attached hydrogens (tertiary/aromatic N) is 1. The Morgan fingerprint density at radius 3 is 2.69 bits per heavy atom. The standard InChI is InChI=1S/C26H27F3N2O4/c27-26(28,29)25-22(9-4-10-23(25)35-17-24(32)33)31-13-14-34-20(16-31)15-30-12-11-19-7-3-6-18-5-1-2-8-21(18)19/h1-10,20,30H,11-17H2,(H,32,33). The third-order valence-corrected chi connectivity index (χ3v) is 5.94. The van der Waals surface area contributed by atoms with Gasteiger partial charge in [-0.2, -0.15) is 13.2 Å². The van der Waals surface area contributed by atoms with Gasteiger partial charge >= 0.3 is 12.1 Å². The number of morpholine rings is 1. The molecule has 1 aliphatic heterocycles. The van der Waals surface area contributed by atoms with E-state index >= 15 is 0 Å². The van der Waals surface area contributed by atoms with Gasteiger partial charge in [-0.15, -0.1) is 0 Å². The van der Waals surface area contributed by atoms with Crippen LogP contribution in [0.4, 0.5) is 18.9 Å². The molecule has 1 atom stereocenters. The highest BCUT2D eigenvalue weighted by atomic mass is 19.4. The number of alkyl halides is 3. The van der Waals surface area contributed by atoms with E-state index in [1.165, 1.54) is 28.5 Å². The highest BCUT2D eigenvalue weighted by Gasteiger charge is 2.39. The average Bonchev–Trinajstić information content (AvgIpc) is 2.85. The number of hydrogen-bond donors (Lipinski definition) is 2. The number of carboxylic acids is 1. The van der Waals surface area contributed by atoms with E-state index in [9.17, 15) is 18.0 Å². The zero-order valence-corrected chi connectivity index (χ0v) is 19.1. The first-order valence-corrected chi connectivity index (χ1v) is 11.4. The fourth-order valence-electron chi connectivity index (χ4n) is 4.39. The number of carboxylic acid groups (broad SMARTS) is 1. The summed E-state index contributed by atoms with van der Waals surface area (Å²) in [6, 6.07) is 18.4. The summed E-state index contributed by atoms with van der Waals surface area (Å²) in [4.78, 5) is 12.4. The van der Waals surface area contributed by atoms with Gasteiger partial charge in [0.25, 0.3) is 0 Å². The molecule has 1 fully saturated rings. The monoisotopic (exact) mass is 488 g/mol. The number of carbonyl (C=O) groups is 1. The normalized spacial score (nSPS) is 16.4. The minimum Gasteiger partial charge on any atom is -0.481 e. The van der Waals surface area contributed by atoms with E-state index in [2.05, 4.69) is 29.6 Å². The van der Waals surface area contributed by atoms with Crippen molar-refractivity contribution in [3.63, 3.8) is 0 Å². The van der Waals surface area contributed by atoms with Gasteiger partial charge in [-0.05, 0) is 41.4 Å². The van der Waals surface area contributed by atoms with Crippen LogP contribution in [0.15, 0.2) is 60.7 Å². The van der Waals surface area contributed by atoms with Crippen molar-refractivity contribution in [2.24, 2.45) is 0 Å². The molecule has 0 spiro atoms. The molecule has 0 amide bonds. The van der Waals surface area contributed by atoms with Crippen LogP contribution >= 0.6 is 0 Å². The van der Waals surface area contributed by atoms with Crippen molar-refractivity contribution in [3.8, 4) is 5.75 Å². The van der Waals surface area contributed by atoms with Crippen LogP contribution in [0.1, 0.15) is 11.1 Å². The van der Waals surface area contributed by atoms with Crippen LogP contribution in [0.25, 0.3) is 10.8 Å². The molecule has 0 aliphatic carbocycles. The van der Waals surface area contributed by atoms with E-state index in [4.69, 9.17) is 14.6 Å². The number of halogens is 3. The summed E-state index contributed by atoms with van der Waals surface area (Å²) < 4.78 is 52.5. The lowest BCUT2D eigenvalue weighted by molar-refractivity contribution is -0.143. The molecule has 9 heteroatoms. The largest absolute Gasteiger partial charge is 0.481 e. The van der Waals surface area contributed by atoms with Crippen LogP contribution in [0, 0.1) is 0 Å². The van der Waals surface area contributed by atoms with Crippen molar-refractivity contribution >= 4 is 22.4 Å². The summed E-state index contributed by atoms with van der Waals surface area (Å²) in [5.41, 5.74) is 0.227. The Kier molecular flexibility index (Phi) is 7.77. The Balaban J connectivity index is 1.39. The second kappa shape index (κ2) is 11.0. The third kappa shape index (κ3) is 6.23. The fourth-order valence-corrected chi connectivity index (χ4v) is 4.39. The van der Waals surface area contributed by atoms with Crippen LogP contribution in [0.3, 0.4) is 0 Å².